The van der Waals surface area contributed by atoms with Crippen molar-refractivity contribution in [2.75, 3.05) is 5.32 Å². The molecular weight excluding hydrogens is 271 g/mol. The summed E-state index contributed by atoms with van der Waals surface area (Å²) in [6, 6.07) is 0.923. The number of hydrogen-bond donors (Lipinski definition) is 2. The van der Waals surface area contributed by atoms with Crippen LogP contribution in [-0.4, -0.2) is 22.1 Å². The van der Waals surface area contributed by atoms with Gasteiger partial charge in [0.2, 0.25) is 0 Å². The summed E-state index contributed by atoms with van der Waals surface area (Å²) in [5, 5.41) is 11.7. The van der Waals surface area contributed by atoms with Gasteiger partial charge >= 0.3 is 5.97 Å². The molecule has 0 saturated heterocycles. The summed E-state index contributed by atoms with van der Waals surface area (Å²) in [5.74, 6) is -0.587. The fourth-order valence-electron chi connectivity index (χ4n) is 0.788. The van der Waals surface area contributed by atoms with E-state index in [1.54, 1.807) is 12.3 Å². The number of carbonyl (C=O) groups is 1. The van der Waals surface area contributed by atoms with Crippen LogP contribution in [0.4, 0.5) is 5.82 Å². The number of nitrogens with one attached hydrogen (secondary N) is 1. The second-order valence-electron chi connectivity index (χ2n) is 2.69. The van der Waals surface area contributed by atoms with Crippen LogP contribution in [0.1, 0.15) is 6.92 Å². The van der Waals surface area contributed by atoms with Crippen LogP contribution < -0.4 is 5.32 Å². The highest BCUT2D eigenvalue weighted by molar-refractivity contribution is 9.10. The largest absolute Gasteiger partial charge is 0.480 e. The molecule has 76 valence electrons. The molecule has 14 heavy (non-hydrogen) atoms. The molecule has 0 radical (unpaired) electrons. The minimum Gasteiger partial charge on any atom is -0.480 e. The normalized spacial score (nSPS) is 12.2. The van der Waals surface area contributed by atoms with Crippen molar-refractivity contribution in [2.24, 2.45) is 0 Å². The van der Waals surface area contributed by atoms with Gasteiger partial charge in [0.1, 0.15) is 11.9 Å². The molecule has 0 saturated carbocycles. The van der Waals surface area contributed by atoms with Crippen molar-refractivity contribution in [1.29, 1.82) is 0 Å². The van der Waals surface area contributed by atoms with Crippen molar-refractivity contribution in [3.8, 4) is 0 Å². The molecule has 6 heteroatoms. The minimum atomic E-state index is -0.953. The number of anilines is 1. The van der Waals surface area contributed by atoms with E-state index in [2.05, 4.69) is 26.2 Å². The zero-order valence-corrected chi connectivity index (χ0v) is 9.63. The van der Waals surface area contributed by atoms with E-state index in [1.807, 2.05) is 0 Å². The smallest absolute Gasteiger partial charge is 0.325 e. The number of aromatic nitrogens is 1. The lowest BCUT2D eigenvalue weighted by Gasteiger charge is -2.10. The molecule has 1 rings (SSSR count). The topological polar surface area (TPSA) is 62.2 Å². The number of pyridine rings is 1. The van der Waals surface area contributed by atoms with Crippen LogP contribution in [0.2, 0.25) is 5.02 Å². The van der Waals surface area contributed by atoms with Crippen LogP contribution >= 0.6 is 27.5 Å². The molecule has 2 N–H and O–H groups in total. The molecule has 1 atom stereocenters. The number of carboxylic acid groups (broad SMARTS) is 1. The maximum Gasteiger partial charge on any atom is 0.325 e. The number of hydrogen-bond acceptors (Lipinski definition) is 3. The monoisotopic (exact) mass is 278 g/mol. The summed E-state index contributed by atoms with van der Waals surface area (Å²) in [5.41, 5.74) is 0. The van der Waals surface area contributed by atoms with E-state index in [0.29, 0.717) is 10.8 Å². The third-order valence-corrected chi connectivity index (χ3v) is 2.25. The average molecular weight is 280 g/mol. The Morgan fingerprint density at radius 3 is 2.93 bits per heavy atom. The molecule has 1 aromatic heterocycles. The van der Waals surface area contributed by atoms with Gasteiger partial charge in [-0.25, -0.2) is 4.98 Å². The van der Waals surface area contributed by atoms with Gasteiger partial charge < -0.3 is 10.4 Å². The van der Waals surface area contributed by atoms with E-state index in [4.69, 9.17) is 16.7 Å². The average Bonchev–Trinajstić information content (AvgIpc) is 2.09. The molecule has 0 spiro atoms. The van der Waals surface area contributed by atoms with Crippen LogP contribution in [-0.2, 0) is 4.79 Å². The van der Waals surface area contributed by atoms with Crippen LogP contribution in [0.5, 0.6) is 0 Å². The Bertz CT molecular complexity index is 359. The van der Waals surface area contributed by atoms with Crippen molar-refractivity contribution in [1.82, 2.24) is 4.98 Å². The van der Waals surface area contributed by atoms with Gasteiger partial charge in [0.15, 0.2) is 0 Å². The van der Waals surface area contributed by atoms with Gasteiger partial charge in [0.05, 0.1) is 5.02 Å². The van der Waals surface area contributed by atoms with Gasteiger partial charge in [-0.15, -0.1) is 0 Å². The van der Waals surface area contributed by atoms with E-state index >= 15 is 0 Å². The zero-order chi connectivity index (χ0) is 10.7. The molecule has 0 aliphatic carbocycles. The van der Waals surface area contributed by atoms with E-state index in [0.717, 1.165) is 4.47 Å². The first-order chi connectivity index (χ1) is 6.50. The van der Waals surface area contributed by atoms with Crippen molar-refractivity contribution >= 4 is 39.3 Å². The van der Waals surface area contributed by atoms with Crippen molar-refractivity contribution in [2.45, 2.75) is 13.0 Å². The predicted molar refractivity (Wildman–Crippen MR) is 57.7 cm³/mol. The fraction of sp³-hybridized carbons (Fsp3) is 0.250. The van der Waals surface area contributed by atoms with Gasteiger partial charge in [0.25, 0.3) is 0 Å². The Morgan fingerprint density at radius 1 is 1.79 bits per heavy atom. The third-order valence-electron chi connectivity index (χ3n) is 1.53. The highest BCUT2D eigenvalue weighted by Gasteiger charge is 2.12. The number of carboxylic acids is 1. The van der Waals surface area contributed by atoms with Crippen molar-refractivity contribution in [3.63, 3.8) is 0 Å². The minimum absolute atomic E-state index is 0.366. The van der Waals surface area contributed by atoms with Crippen LogP contribution in [0.15, 0.2) is 16.7 Å². The van der Waals surface area contributed by atoms with E-state index in [-0.39, 0.29) is 0 Å². The SMILES string of the molecule is C[C@@H](Nc1ncc(Br)cc1Cl)C(=O)O. The number of nitrogens with zero attached hydrogens (tertiary/aromatic N) is 1. The third kappa shape index (κ3) is 2.85. The summed E-state index contributed by atoms with van der Waals surface area (Å²) >= 11 is 9.03. The first-order valence-corrected chi connectivity index (χ1v) is 4.98. The first kappa shape index (κ1) is 11.3. The Labute approximate surface area is 94.4 Å². The lowest BCUT2D eigenvalue weighted by molar-refractivity contribution is -0.137. The first-order valence-electron chi connectivity index (χ1n) is 3.81. The van der Waals surface area contributed by atoms with Crippen molar-refractivity contribution < 1.29 is 9.90 Å². The van der Waals surface area contributed by atoms with E-state index in [9.17, 15) is 4.79 Å². The van der Waals surface area contributed by atoms with Gasteiger partial charge in [-0.1, -0.05) is 11.6 Å². The second-order valence-corrected chi connectivity index (χ2v) is 4.01. The molecule has 0 amide bonds. The molecule has 1 heterocycles. The molecule has 4 nitrogen and oxygen atoms in total. The number of rotatable bonds is 3. The van der Waals surface area contributed by atoms with Crippen LogP contribution in [0.25, 0.3) is 0 Å². The van der Waals surface area contributed by atoms with E-state index < -0.39 is 12.0 Å². The second kappa shape index (κ2) is 4.61. The lowest BCUT2D eigenvalue weighted by atomic mass is 10.3. The zero-order valence-electron chi connectivity index (χ0n) is 7.29. The quantitative estimate of drug-likeness (QED) is 0.892. The summed E-state index contributed by atoms with van der Waals surface area (Å²) in [7, 11) is 0. The maximum atomic E-state index is 10.5. The van der Waals surface area contributed by atoms with Crippen molar-refractivity contribution in [3.05, 3.63) is 21.8 Å². The van der Waals surface area contributed by atoms with Crippen LogP contribution in [0, 0.1) is 0 Å². The molecule has 0 bridgehead atoms. The molecule has 0 aromatic carbocycles. The van der Waals surface area contributed by atoms with Crippen LogP contribution in [0.3, 0.4) is 0 Å². The van der Waals surface area contributed by atoms with Gasteiger partial charge in [-0.2, -0.15) is 0 Å². The standard InChI is InChI=1S/C8H8BrClN2O2/c1-4(8(13)14)12-7-6(10)2-5(9)3-11-7/h2-4H,1H3,(H,11,12)(H,13,14)/t4-/m1/s1. The Morgan fingerprint density at radius 2 is 2.43 bits per heavy atom. The number of aliphatic carboxylic acids is 1. The van der Waals surface area contributed by atoms with Gasteiger partial charge in [-0.05, 0) is 28.9 Å². The summed E-state index contributed by atoms with van der Waals surface area (Å²) in [6.45, 7) is 1.52. The summed E-state index contributed by atoms with van der Waals surface area (Å²) in [4.78, 5) is 14.5. The fourth-order valence-corrected chi connectivity index (χ4v) is 1.47. The van der Waals surface area contributed by atoms with E-state index in [1.165, 1.54) is 6.92 Å². The van der Waals surface area contributed by atoms with Gasteiger partial charge in [-0.3, -0.25) is 4.79 Å². The molecule has 0 fully saturated rings. The maximum absolute atomic E-state index is 10.5. The predicted octanol–water partition coefficient (Wildman–Crippen LogP) is 2.38. The summed E-state index contributed by atoms with van der Waals surface area (Å²) in [6.07, 6.45) is 1.54. The molecule has 0 aliphatic rings. The molecule has 0 unspecified atom stereocenters. The summed E-state index contributed by atoms with van der Waals surface area (Å²) < 4.78 is 0.746. The molecule has 1 aromatic rings. The van der Waals surface area contributed by atoms with Gasteiger partial charge in [0, 0.05) is 10.7 Å². The lowest BCUT2D eigenvalue weighted by Crippen LogP contribution is -2.25. The highest BCUT2D eigenvalue weighted by Crippen LogP contribution is 2.23. The number of halogens is 2. The molecule has 0 aliphatic heterocycles. The Balaban J connectivity index is 2.82. The highest BCUT2D eigenvalue weighted by atomic mass is 79.9. The Kier molecular flexibility index (Phi) is 3.71. The molecular formula is C8H8BrClN2O2. The Hall–Kier alpha value is -0.810.